The monoisotopic (exact) mass is 319 g/mol. The van der Waals surface area contributed by atoms with Crippen LogP contribution in [0.5, 0.6) is 0 Å². The molecule has 2 aliphatic heterocycles. The van der Waals surface area contributed by atoms with E-state index in [1.54, 1.807) is 6.07 Å². The van der Waals surface area contributed by atoms with Crippen LogP contribution >= 0.6 is 0 Å². The molecular formula is C17H18FNO4. The summed E-state index contributed by atoms with van der Waals surface area (Å²) in [6.07, 6.45) is 1.53. The van der Waals surface area contributed by atoms with Gasteiger partial charge in [0.1, 0.15) is 5.82 Å². The Bertz CT molecular complexity index is 679. The number of rotatable bonds is 4. The first-order chi connectivity index (χ1) is 11.0. The normalized spacial score (nSPS) is 24.6. The molecule has 2 atom stereocenters. The fraction of sp³-hybridized carbons (Fsp3) is 0.412. The average molecular weight is 319 g/mol. The maximum Gasteiger partial charge on any atom is 0.290 e. The lowest BCUT2D eigenvalue weighted by Crippen LogP contribution is -2.37. The number of halogens is 1. The second kappa shape index (κ2) is 6.12. The number of carbonyl (C=O) groups excluding carboxylic acids is 2. The molecule has 0 unspecified atom stereocenters. The summed E-state index contributed by atoms with van der Waals surface area (Å²) in [5, 5.41) is 10.1. The molecule has 0 saturated carbocycles. The minimum absolute atomic E-state index is 0.0573. The van der Waals surface area contributed by atoms with Crippen molar-refractivity contribution in [2.75, 3.05) is 13.2 Å². The summed E-state index contributed by atoms with van der Waals surface area (Å²) in [5.74, 6) is -2.21. The number of carbonyl (C=O) groups is 2. The minimum Gasteiger partial charge on any atom is -0.503 e. The van der Waals surface area contributed by atoms with Crippen molar-refractivity contribution in [2.24, 2.45) is 0 Å². The highest BCUT2D eigenvalue weighted by atomic mass is 19.1. The van der Waals surface area contributed by atoms with Gasteiger partial charge in [-0.2, -0.15) is 0 Å². The van der Waals surface area contributed by atoms with Gasteiger partial charge in [-0.05, 0) is 25.8 Å². The summed E-state index contributed by atoms with van der Waals surface area (Å²) in [4.78, 5) is 25.7. The highest BCUT2D eigenvalue weighted by molar-refractivity contribution is 6.08. The van der Waals surface area contributed by atoms with Crippen LogP contribution in [0.25, 0.3) is 0 Å². The molecule has 0 aliphatic carbocycles. The molecule has 0 aromatic heterocycles. The molecule has 23 heavy (non-hydrogen) atoms. The highest BCUT2D eigenvalue weighted by Gasteiger charge is 2.44. The lowest BCUT2D eigenvalue weighted by Gasteiger charge is -2.28. The van der Waals surface area contributed by atoms with Gasteiger partial charge in [-0.3, -0.25) is 9.59 Å². The Labute approximate surface area is 133 Å². The molecule has 0 bridgehead atoms. The number of nitrogens with zero attached hydrogens (tertiary/aromatic N) is 1. The second-order valence-corrected chi connectivity index (χ2v) is 5.84. The Balaban J connectivity index is 2.02. The van der Waals surface area contributed by atoms with Crippen LogP contribution in [0.2, 0.25) is 0 Å². The summed E-state index contributed by atoms with van der Waals surface area (Å²) in [7, 11) is 0. The third kappa shape index (κ3) is 2.74. The van der Waals surface area contributed by atoms with Gasteiger partial charge >= 0.3 is 0 Å². The van der Waals surface area contributed by atoms with E-state index < -0.39 is 29.3 Å². The molecule has 0 radical (unpaired) electrons. The molecule has 2 aliphatic rings. The van der Waals surface area contributed by atoms with Crippen LogP contribution < -0.4 is 0 Å². The molecule has 0 spiro atoms. The Kier molecular flexibility index (Phi) is 4.17. The van der Waals surface area contributed by atoms with Gasteiger partial charge in [-0.15, -0.1) is 0 Å². The van der Waals surface area contributed by atoms with E-state index in [-0.39, 0.29) is 23.8 Å². The number of aliphatic hydroxyl groups excluding tert-OH is 1. The lowest BCUT2D eigenvalue weighted by atomic mass is 9.96. The fourth-order valence-corrected chi connectivity index (χ4v) is 3.23. The van der Waals surface area contributed by atoms with E-state index in [4.69, 9.17) is 4.74 Å². The van der Waals surface area contributed by atoms with Crippen LogP contribution in [0.4, 0.5) is 4.39 Å². The lowest BCUT2D eigenvalue weighted by molar-refractivity contribution is -0.131. The van der Waals surface area contributed by atoms with Gasteiger partial charge in [-0.25, -0.2) is 4.39 Å². The molecule has 3 rings (SSSR count). The number of benzene rings is 1. The van der Waals surface area contributed by atoms with Crippen molar-refractivity contribution in [1.82, 2.24) is 4.90 Å². The quantitative estimate of drug-likeness (QED) is 0.924. The Hall–Kier alpha value is -2.21. The van der Waals surface area contributed by atoms with E-state index in [1.165, 1.54) is 30.0 Å². The highest BCUT2D eigenvalue weighted by Crippen LogP contribution is 2.39. The third-order valence-corrected chi connectivity index (χ3v) is 4.31. The van der Waals surface area contributed by atoms with Gasteiger partial charge in [0.25, 0.3) is 5.91 Å². The molecule has 2 heterocycles. The molecular weight excluding hydrogens is 301 g/mol. The van der Waals surface area contributed by atoms with Crippen molar-refractivity contribution in [1.29, 1.82) is 0 Å². The summed E-state index contributed by atoms with van der Waals surface area (Å²) >= 11 is 0. The molecule has 1 N–H and O–H groups in total. The van der Waals surface area contributed by atoms with Gasteiger partial charge in [0.15, 0.2) is 11.5 Å². The summed E-state index contributed by atoms with van der Waals surface area (Å²) in [5.41, 5.74) is 0.145. The Morgan fingerprint density at radius 3 is 2.78 bits per heavy atom. The molecule has 1 saturated heterocycles. The summed E-state index contributed by atoms with van der Waals surface area (Å²) in [6, 6.07) is 5.07. The number of ether oxygens (including phenoxy) is 1. The van der Waals surface area contributed by atoms with Crippen molar-refractivity contribution in [3.05, 3.63) is 47.0 Å². The summed E-state index contributed by atoms with van der Waals surface area (Å²) in [6.45, 7) is 2.11. The van der Waals surface area contributed by atoms with Gasteiger partial charge < -0.3 is 14.7 Å². The topological polar surface area (TPSA) is 66.8 Å². The molecule has 1 aromatic carbocycles. The fourth-order valence-electron chi connectivity index (χ4n) is 3.23. The molecule has 5 nitrogen and oxygen atoms in total. The second-order valence-electron chi connectivity index (χ2n) is 5.84. The third-order valence-electron chi connectivity index (χ3n) is 4.31. The van der Waals surface area contributed by atoms with Crippen molar-refractivity contribution in [3.63, 3.8) is 0 Å². The van der Waals surface area contributed by atoms with Gasteiger partial charge in [0.05, 0.1) is 17.7 Å². The molecule has 1 amide bonds. The first-order valence-corrected chi connectivity index (χ1v) is 7.61. The van der Waals surface area contributed by atoms with E-state index in [0.717, 1.165) is 12.8 Å². The minimum atomic E-state index is -0.912. The predicted octanol–water partition coefficient (Wildman–Crippen LogP) is 2.29. The van der Waals surface area contributed by atoms with E-state index in [1.807, 2.05) is 0 Å². The van der Waals surface area contributed by atoms with Crippen LogP contribution in [-0.4, -0.2) is 41.0 Å². The number of aliphatic hydroxyl groups is 1. The van der Waals surface area contributed by atoms with Gasteiger partial charge in [0.2, 0.25) is 0 Å². The van der Waals surface area contributed by atoms with Gasteiger partial charge in [-0.1, -0.05) is 18.2 Å². The summed E-state index contributed by atoms with van der Waals surface area (Å²) < 4.78 is 19.8. The van der Waals surface area contributed by atoms with Crippen LogP contribution in [0.3, 0.4) is 0 Å². The van der Waals surface area contributed by atoms with Gasteiger partial charge in [0, 0.05) is 18.7 Å². The number of amides is 1. The van der Waals surface area contributed by atoms with Crippen LogP contribution in [0.15, 0.2) is 35.6 Å². The molecule has 1 aromatic rings. The maximum atomic E-state index is 14.2. The zero-order valence-electron chi connectivity index (χ0n) is 12.8. The largest absolute Gasteiger partial charge is 0.503 e. The van der Waals surface area contributed by atoms with Crippen LogP contribution in [0, 0.1) is 5.82 Å². The first kappa shape index (κ1) is 15.7. The van der Waals surface area contributed by atoms with Crippen molar-refractivity contribution < 1.29 is 23.8 Å². The SMILES string of the molecule is CC(=O)C1=C(O)C(=O)N(C[C@@H]2CCCO2)[C@H]1c1ccccc1F. The van der Waals surface area contributed by atoms with E-state index in [0.29, 0.717) is 6.61 Å². The van der Waals surface area contributed by atoms with Crippen molar-refractivity contribution in [3.8, 4) is 0 Å². The van der Waals surface area contributed by atoms with E-state index in [9.17, 15) is 19.1 Å². The number of ketones is 1. The van der Waals surface area contributed by atoms with Crippen molar-refractivity contribution >= 4 is 11.7 Å². The molecule has 1 fully saturated rings. The standard InChI is InChI=1S/C17H18FNO4/c1-10(20)14-15(12-6-2-3-7-13(12)18)19(17(22)16(14)21)9-11-5-4-8-23-11/h2-3,6-7,11,15,21H,4-5,8-9H2,1H3/t11-,15-/m0/s1. The zero-order valence-corrected chi connectivity index (χ0v) is 12.8. The number of Topliss-reactive ketones (excluding diaryl/α,β-unsaturated/α-hetero) is 1. The maximum absolute atomic E-state index is 14.2. The molecule has 122 valence electrons. The average Bonchev–Trinajstić information content (AvgIpc) is 3.10. The van der Waals surface area contributed by atoms with E-state index in [2.05, 4.69) is 0 Å². The first-order valence-electron chi connectivity index (χ1n) is 7.61. The molecule has 6 heteroatoms. The van der Waals surface area contributed by atoms with Crippen molar-refractivity contribution in [2.45, 2.75) is 31.9 Å². The van der Waals surface area contributed by atoms with Crippen LogP contribution in [0.1, 0.15) is 31.4 Å². The Morgan fingerprint density at radius 1 is 1.43 bits per heavy atom. The predicted molar refractivity (Wildman–Crippen MR) is 80.2 cm³/mol. The zero-order chi connectivity index (χ0) is 16.6. The number of hydrogen-bond acceptors (Lipinski definition) is 4. The van der Waals surface area contributed by atoms with E-state index >= 15 is 0 Å². The van der Waals surface area contributed by atoms with Crippen LogP contribution in [-0.2, 0) is 14.3 Å². The Morgan fingerprint density at radius 2 is 2.17 bits per heavy atom. The smallest absolute Gasteiger partial charge is 0.290 e. The number of hydrogen-bond donors (Lipinski definition) is 1.